The Morgan fingerprint density at radius 3 is 2.46 bits per heavy atom. The van der Waals surface area contributed by atoms with Crippen LogP contribution in [0.2, 0.25) is 0 Å². The molecule has 2 amide bonds. The largest absolute Gasteiger partial charge is 0.322 e. The highest BCUT2D eigenvalue weighted by Gasteiger charge is 2.34. The number of nitrogens with zero attached hydrogens (tertiary/aromatic N) is 2. The van der Waals surface area contributed by atoms with Crippen LogP contribution in [-0.2, 0) is 9.84 Å². The fraction of sp³-hybridized carbons (Fsp3) is 0.588. The van der Waals surface area contributed by atoms with Gasteiger partial charge in [0.2, 0.25) is 0 Å². The van der Waals surface area contributed by atoms with E-state index in [1.165, 1.54) is 5.56 Å². The summed E-state index contributed by atoms with van der Waals surface area (Å²) in [6, 6.07) is 6.01. The number of benzene rings is 1. The van der Waals surface area contributed by atoms with E-state index in [9.17, 15) is 13.2 Å². The fourth-order valence-electron chi connectivity index (χ4n) is 3.50. The molecular weight excluding hydrogens is 326 g/mol. The second-order valence-corrected chi connectivity index (χ2v) is 9.06. The summed E-state index contributed by atoms with van der Waals surface area (Å²) in [6.45, 7) is 6.75. The second-order valence-electron chi connectivity index (χ2n) is 6.83. The third-order valence-electron chi connectivity index (χ3n) is 4.95. The van der Waals surface area contributed by atoms with E-state index in [0.29, 0.717) is 18.8 Å². The summed E-state index contributed by atoms with van der Waals surface area (Å²) < 4.78 is 23.2. The standard InChI is InChI=1S/C17H25N3O3S/c1-13-3-4-16(14(2)11-13)18-17(21)20-8-6-19(7-9-20)15-5-10-24(22,23)12-15/h3-4,11,15H,5-10,12H2,1-2H3,(H,18,21). The number of hydrogen-bond acceptors (Lipinski definition) is 4. The number of aryl methyl sites for hydroxylation is 2. The van der Waals surface area contributed by atoms with Crippen LogP contribution in [-0.4, -0.2) is 68.0 Å². The lowest BCUT2D eigenvalue weighted by Crippen LogP contribution is -2.53. The van der Waals surface area contributed by atoms with E-state index < -0.39 is 9.84 Å². The van der Waals surface area contributed by atoms with Crippen molar-refractivity contribution in [2.75, 3.05) is 43.0 Å². The van der Waals surface area contributed by atoms with Gasteiger partial charge in [-0.1, -0.05) is 17.7 Å². The first-order valence-corrected chi connectivity index (χ1v) is 10.2. The van der Waals surface area contributed by atoms with Crippen LogP contribution in [0.25, 0.3) is 0 Å². The van der Waals surface area contributed by atoms with Gasteiger partial charge in [0.05, 0.1) is 11.5 Å². The molecule has 2 aliphatic rings. The normalized spacial score (nSPS) is 24.1. The highest BCUT2D eigenvalue weighted by Crippen LogP contribution is 2.20. The van der Waals surface area contributed by atoms with Gasteiger partial charge in [-0.05, 0) is 31.9 Å². The summed E-state index contributed by atoms with van der Waals surface area (Å²) in [5.74, 6) is 0.562. The zero-order valence-corrected chi connectivity index (χ0v) is 15.1. The summed E-state index contributed by atoms with van der Waals surface area (Å²) in [7, 11) is -2.86. The number of carbonyl (C=O) groups excluding carboxylic acids is 1. The van der Waals surface area contributed by atoms with Crippen LogP contribution in [0.15, 0.2) is 18.2 Å². The van der Waals surface area contributed by atoms with E-state index in [0.717, 1.165) is 30.8 Å². The van der Waals surface area contributed by atoms with Crippen LogP contribution in [0, 0.1) is 13.8 Å². The number of sulfone groups is 1. The Morgan fingerprint density at radius 2 is 1.88 bits per heavy atom. The van der Waals surface area contributed by atoms with Crippen molar-refractivity contribution in [3.63, 3.8) is 0 Å². The molecule has 1 unspecified atom stereocenters. The van der Waals surface area contributed by atoms with Gasteiger partial charge in [0, 0.05) is 37.9 Å². The fourth-order valence-corrected chi connectivity index (χ4v) is 5.26. The molecule has 2 aliphatic heterocycles. The maximum atomic E-state index is 12.4. The minimum atomic E-state index is -2.86. The number of anilines is 1. The Morgan fingerprint density at radius 1 is 1.17 bits per heavy atom. The molecule has 6 nitrogen and oxygen atoms in total. The van der Waals surface area contributed by atoms with Crippen molar-refractivity contribution >= 4 is 21.6 Å². The quantitative estimate of drug-likeness (QED) is 0.879. The molecule has 7 heteroatoms. The molecule has 132 valence electrons. The number of carbonyl (C=O) groups is 1. The van der Waals surface area contributed by atoms with Crippen LogP contribution in [0.3, 0.4) is 0 Å². The smallest absolute Gasteiger partial charge is 0.321 e. The first-order valence-electron chi connectivity index (χ1n) is 8.42. The van der Waals surface area contributed by atoms with Crippen molar-refractivity contribution in [3.8, 4) is 0 Å². The molecule has 1 aromatic carbocycles. The molecule has 1 N–H and O–H groups in total. The maximum absolute atomic E-state index is 12.4. The Balaban J connectivity index is 1.53. The van der Waals surface area contributed by atoms with E-state index in [-0.39, 0.29) is 17.8 Å². The van der Waals surface area contributed by atoms with E-state index in [2.05, 4.69) is 10.2 Å². The lowest BCUT2D eigenvalue weighted by molar-refractivity contribution is 0.121. The van der Waals surface area contributed by atoms with Gasteiger partial charge in [0.1, 0.15) is 0 Å². The van der Waals surface area contributed by atoms with E-state index in [1.54, 1.807) is 4.90 Å². The predicted octanol–water partition coefficient (Wildman–Crippen LogP) is 1.64. The highest BCUT2D eigenvalue weighted by atomic mass is 32.2. The van der Waals surface area contributed by atoms with Crippen molar-refractivity contribution in [2.24, 2.45) is 0 Å². The highest BCUT2D eigenvalue weighted by molar-refractivity contribution is 7.91. The van der Waals surface area contributed by atoms with Gasteiger partial charge < -0.3 is 10.2 Å². The molecule has 24 heavy (non-hydrogen) atoms. The van der Waals surface area contributed by atoms with Crippen LogP contribution in [0.1, 0.15) is 17.5 Å². The van der Waals surface area contributed by atoms with Crippen molar-refractivity contribution in [2.45, 2.75) is 26.3 Å². The summed E-state index contributed by atoms with van der Waals surface area (Å²) in [5.41, 5.74) is 3.07. The lowest BCUT2D eigenvalue weighted by Gasteiger charge is -2.37. The van der Waals surface area contributed by atoms with Crippen molar-refractivity contribution in [1.29, 1.82) is 0 Å². The molecule has 2 saturated heterocycles. The summed E-state index contributed by atoms with van der Waals surface area (Å²) in [6.07, 6.45) is 0.719. The average molecular weight is 351 g/mol. The number of piperazine rings is 1. The lowest BCUT2D eigenvalue weighted by atomic mass is 10.1. The first-order chi connectivity index (χ1) is 11.3. The minimum absolute atomic E-state index is 0.0827. The van der Waals surface area contributed by atoms with Gasteiger partial charge in [0.25, 0.3) is 0 Å². The molecule has 0 radical (unpaired) electrons. The number of rotatable bonds is 2. The van der Waals surface area contributed by atoms with Crippen molar-refractivity contribution in [3.05, 3.63) is 29.3 Å². The van der Waals surface area contributed by atoms with Gasteiger partial charge in [-0.25, -0.2) is 13.2 Å². The van der Waals surface area contributed by atoms with Crippen LogP contribution < -0.4 is 5.32 Å². The number of urea groups is 1. The Hall–Kier alpha value is -1.60. The van der Waals surface area contributed by atoms with E-state index >= 15 is 0 Å². The van der Waals surface area contributed by atoms with Crippen molar-refractivity contribution < 1.29 is 13.2 Å². The topological polar surface area (TPSA) is 69.7 Å². The zero-order valence-electron chi connectivity index (χ0n) is 14.3. The summed E-state index contributed by atoms with van der Waals surface area (Å²) in [5, 5.41) is 2.98. The van der Waals surface area contributed by atoms with E-state index in [4.69, 9.17) is 0 Å². The Bertz CT molecular complexity index is 725. The number of hydrogen-bond donors (Lipinski definition) is 1. The van der Waals surface area contributed by atoms with Crippen molar-refractivity contribution in [1.82, 2.24) is 9.80 Å². The summed E-state index contributed by atoms with van der Waals surface area (Å²) in [4.78, 5) is 16.5. The SMILES string of the molecule is Cc1ccc(NC(=O)N2CCN(C3CCS(=O)(=O)C3)CC2)c(C)c1. The van der Waals surface area contributed by atoms with Crippen LogP contribution in [0.4, 0.5) is 10.5 Å². The molecule has 2 fully saturated rings. The maximum Gasteiger partial charge on any atom is 0.321 e. The Kier molecular flexibility index (Phi) is 4.83. The van der Waals surface area contributed by atoms with Gasteiger partial charge in [-0.3, -0.25) is 4.90 Å². The molecule has 2 heterocycles. The van der Waals surface area contributed by atoms with Crippen LogP contribution in [0.5, 0.6) is 0 Å². The molecular formula is C17H25N3O3S. The van der Waals surface area contributed by atoms with Gasteiger partial charge >= 0.3 is 6.03 Å². The molecule has 1 aromatic rings. The Labute approximate surface area is 143 Å². The third-order valence-corrected chi connectivity index (χ3v) is 6.70. The van der Waals surface area contributed by atoms with E-state index in [1.807, 2.05) is 32.0 Å². The second kappa shape index (κ2) is 6.72. The first kappa shape index (κ1) is 17.2. The molecule has 0 aliphatic carbocycles. The minimum Gasteiger partial charge on any atom is -0.322 e. The average Bonchev–Trinajstić information content (AvgIpc) is 2.90. The van der Waals surface area contributed by atoms with Gasteiger partial charge in [0.15, 0.2) is 9.84 Å². The predicted molar refractivity (Wildman–Crippen MR) is 95.1 cm³/mol. The summed E-state index contributed by atoms with van der Waals surface area (Å²) >= 11 is 0. The molecule has 0 spiro atoms. The number of amides is 2. The zero-order chi connectivity index (χ0) is 17.3. The van der Waals surface area contributed by atoms with Crippen LogP contribution >= 0.6 is 0 Å². The monoisotopic (exact) mass is 351 g/mol. The molecule has 3 rings (SSSR count). The van der Waals surface area contributed by atoms with Gasteiger partial charge in [-0.15, -0.1) is 0 Å². The molecule has 0 aromatic heterocycles. The molecule has 0 bridgehead atoms. The van der Waals surface area contributed by atoms with Gasteiger partial charge in [-0.2, -0.15) is 0 Å². The third kappa shape index (κ3) is 3.89. The number of nitrogens with one attached hydrogen (secondary N) is 1. The molecule has 1 atom stereocenters. The molecule has 0 saturated carbocycles.